The van der Waals surface area contributed by atoms with Crippen LogP contribution in [0.15, 0.2) is 24.3 Å². The maximum Gasteiger partial charge on any atom is 0.243 e. The molecule has 2 aliphatic carbocycles. The van der Waals surface area contributed by atoms with Gasteiger partial charge in [0.25, 0.3) is 0 Å². The van der Waals surface area contributed by atoms with Crippen molar-refractivity contribution < 1.29 is 33.4 Å². The number of methoxy groups -OCH3 is 1. The van der Waals surface area contributed by atoms with Crippen molar-refractivity contribution in [3.8, 4) is 5.75 Å². The fraction of sp³-hybridized carbons (Fsp3) is 0.677. The molecule has 42 heavy (non-hydrogen) atoms. The van der Waals surface area contributed by atoms with Gasteiger partial charge in [0.1, 0.15) is 23.4 Å². The summed E-state index contributed by atoms with van der Waals surface area (Å²) in [5, 5.41) is 8.57. The van der Waals surface area contributed by atoms with Gasteiger partial charge in [0.2, 0.25) is 17.7 Å². The van der Waals surface area contributed by atoms with Crippen LogP contribution in [-0.2, 0) is 35.1 Å². The molecule has 0 radical (unpaired) electrons. The highest BCUT2D eigenvalue weighted by Gasteiger charge is 2.52. The molecule has 3 N–H and O–H groups in total. The van der Waals surface area contributed by atoms with Gasteiger partial charge in [-0.2, -0.15) is 0 Å². The molecular formula is C31H44N4O7. The molecule has 3 amide bonds. The number of carbonyl (C=O) groups is 4. The van der Waals surface area contributed by atoms with Crippen LogP contribution in [0.25, 0.3) is 0 Å². The van der Waals surface area contributed by atoms with E-state index < -0.39 is 35.5 Å². The zero-order valence-corrected chi connectivity index (χ0v) is 24.9. The van der Waals surface area contributed by atoms with Gasteiger partial charge in [-0.25, -0.2) is 0 Å². The quantitative estimate of drug-likeness (QED) is 0.274. The molecular weight excluding hydrogens is 540 g/mol. The smallest absolute Gasteiger partial charge is 0.243 e. The van der Waals surface area contributed by atoms with Gasteiger partial charge in [-0.3, -0.25) is 24.1 Å². The molecule has 0 spiro atoms. The fourth-order valence-corrected chi connectivity index (χ4v) is 6.31. The van der Waals surface area contributed by atoms with Gasteiger partial charge in [0.05, 0.1) is 39.5 Å². The lowest BCUT2D eigenvalue weighted by Crippen LogP contribution is -2.57. The monoisotopic (exact) mass is 584 g/mol. The molecule has 11 nitrogen and oxygen atoms in total. The van der Waals surface area contributed by atoms with Crippen LogP contribution in [0, 0.1) is 17.8 Å². The number of nitrogens with zero attached hydrogens (tertiary/aromatic N) is 1. The molecule has 230 valence electrons. The number of ether oxygens (including phenoxy) is 3. The van der Waals surface area contributed by atoms with Crippen molar-refractivity contribution in [2.75, 3.05) is 46.6 Å². The molecule has 2 saturated heterocycles. The minimum Gasteiger partial charge on any atom is -0.497 e. The van der Waals surface area contributed by atoms with Crippen molar-refractivity contribution in [3.05, 3.63) is 29.8 Å². The molecule has 1 aromatic rings. The number of morpholine rings is 1. The summed E-state index contributed by atoms with van der Waals surface area (Å²) >= 11 is 0. The number of nitrogens with one attached hydrogen (secondary N) is 3. The largest absolute Gasteiger partial charge is 0.497 e. The standard InChI is InChI=1S/C31H44N4O7/c1-19(32-27(36)17-35-8-10-41-11-9-35)29(38)34-26(14-20-4-6-24(40-3)7-5-20)30(39)33-25(28(37)31(2)18-42-31)15-21-12-22-16-23(22)13-21/h4-7,19,21-23,25-26H,8-18H2,1-3H3,(H,32,36)(H,33,39)(H,34,38)/t19-,21-,22+,23-,25?,26-,31?/m0/s1. The summed E-state index contributed by atoms with van der Waals surface area (Å²) in [6.45, 7) is 6.33. The summed E-state index contributed by atoms with van der Waals surface area (Å²) in [4.78, 5) is 55.0. The van der Waals surface area contributed by atoms with Crippen LogP contribution >= 0.6 is 0 Å². The van der Waals surface area contributed by atoms with Gasteiger partial charge < -0.3 is 30.2 Å². The molecule has 2 saturated carbocycles. The van der Waals surface area contributed by atoms with Gasteiger partial charge in [0.15, 0.2) is 5.78 Å². The third-order valence-corrected chi connectivity index (χ3v) is 9.12. The van der Waals surface area contributed by atoms with Crippen molar-refractivity contribution in [2.45, 2.75) is 69.7 Å². The van der Waals surface area contributed by atoms with Gasteiger partial charge in [-0.15, -0.1) is 0 Å². The zero-order chi connectivity index (χ0) is 29.9. The Labute approximate surface area is 247 Å². The third kappa shape index (κ3) is 7.87. The third-order valence-electron chi connectivity index (χ3n) is 9.12. The molecule has 7 atom stereocenters. The highest BCUT2D eigenvalue weighted by atomic mass is 16.6. The Balaban J connectivity index is 1.25. The fourth-order valence-electron chi connectivity index (χ4n) is 6.31. The van der Waals surface area contributed by atoms with Crippen LogP contribution in [0.2, 0.25) is 0 Å². The van der Waals surface area contributed by atoms with Crippen LogP contribution < -0.4 is 20.7 Å². The minimum absolute atomic E-state index is 0.116. The number of rotatable bonds is 14. The summed E-state index contributed by atoms with van der Waals surface area (Å²) in [5.74, 6) is 1.29. The summed E-state index contributed by atoms with van der Waals surface area (Å²) in [6, 6.07) is 4.77. The normalized spacial score (nSPS) is 28.5. The maximum absolute atomic E-state index is 13.8. The number of amides is 3. The number of hydrogen-bond acceptors (Lipinski definition) is 8. The van der Waals surface area contributed by atoms with E-state index in [1.807, 2.05) is 17.0 Å². The first-order chi connectivity index (χ1) is 20.1. The number of carbonyl (C=O) groups excluding carboxylic acids is 4. The number of benzene rings is 1. The van der Waals surface area contributed by atoms with Crippen LogP contribution in [0.1, 0.15) is 45.1 Å². The molecule has 5 rings (SSSR count). The molecule has 0 bridgehead atoms. The first-order valence-electron chi connectivity index (χ1n) is 15.1. The van der Waals surface area contributed by atoms with Gasteiger partial charge in [-0.1, -0.05) is 12.1 Å². The van der Waals surface area contributed by atoms with Crippen LogP contribution in [0.5, 0.6) is 5.75 Å². The van der Waals surface area contributed by atoms with Crippen molar-refractivity contribution in [2.24, 2.45) is 17.8 Å². The molecule has 11 heteroatoms. The Kier molecular flexibility index (Phi) is 9.49. The lowest BCUT2D eigenvalue weighted by molar-refractivity contribution is -0.134. The van der Waals surface area contributed by atoms with E-state index >= 15 is 0 Å². The number of fused-ring (bicyclic) bond motifs is 1. The van der Waals surface area contributed by atoms with Crippen molar-refractivity contribution in [1.82, 2.24) is 20.9 Å². The predicted molar refractivity (Wildman–Crippen MR) is 154 cm³/mol. The maximum atomic E-state index is 13.8. The highest BCUT2D eigenvalue weighted by Crippen LogP contribution is 2.55. The number of Topliss-reactive ketones (excluding diaryl/α,β-unsaturated/α-hetero) is 1. The molecule has 1 aromatic carbocycles. The van der Waals surface area contributed by atoms with Crippen LogP contribution in [0.4, 0.5) is 0 Å². The molecule has 2 unspecified atom stereocenters. The predicted octanol–water partition coefficient (Wildman–Crippen LogP) is 0.838. The average Bonchev–Trinajstić information content (AvgIpc) is 3.88. The van der Waals surface area contributed by atoms with Gasteiger partial charge in [-0.05, 0) is 75.0 Å². The molecule has 4 aliphatic rings. The van der Waals surface area contributed by atoms with E-state index in [4.69, 9.17) is 14.2 Å². The van der Waals surface area contributed by atoms with E-state index in [2.05, 4.69) is 16.0 Å². The Morgan fingerprint density at radius 2 is 1.62 bits per heavy atom. The zero-order valence-electron chi connectivity index (χ0n) is 24.9. The van der Waals surface area contributed by atoms with E-state index in [0.717, 1.165) is 30.2 Å². The summed E-state index contributed by atoms with van der Waals surface area (Å²) in [7, 11) is 1.58. The Bertz CT molecular complexity index is 1140. The van der Waals surface area contributed by atoms with Gasteiger partial charge in [0, 0.05) is 19.5 Å². The summed E-state index contributed by atoms with van der Waals surface area (Å²) in [5.41, 5.74) is -0.0514. The Morgan fingerprint density at radius 3 is 2.24 bits per heavy atom. The van der Waals surface area contributed by atoms with E-state index in [-0.39, 0.29) is 24.7 Å². The van der Waals surface area contributed by atoms with E-state index in [0.29, 0.717) is 51.0 Å². The molecule has 0 aromatic heterocycles. The van der Waals surface area contributed by atoms with Gasteiger partial charge >= 0.3 is 0 Å². The van der Waals surface area contributed by atoms with E-state index in [1.54, 1.807) is 33.1 Å². The topological polar surface area (TPSA) is 139 Å². The lowest BCUT2D eigenvalue weighted by atomic mass is 9.89. The first-order valence-corrected chi connectivity index (χ1v) is 15.1. The second-order valence-corrected chi connectivity index (χ2v) is 12.6. The first kappa shape index (κ1) is 30.4. The van der Waals surface area contributed by atoms with E-state index in [1.165, 1.54) is 6.42 Å². The highest BCUT2D eigenvalue weighted by molar-refractivity contribution is 5.98. The molecule has 2 aliphatic heterocycles. The number of hydrogen-bond donors (Lipinski definition) is 3. The average molecular weight is 585 g/mol. The van der Waals surface area contributed by atoms with Crippen molar-refractivity contribution >= 4 is 23.5 Å². The second-order valence-electron chi connectivity index (χ2n) is 12.6. The van der Waals surface area contributed by atoms with Crippen molar-refractivity contribution in [3.63, 3.8) is 0 Å². The van der Waals surface area contributed by atoms with E-state index in [9.17, 15) is 19.2 Å². The lowest BCUT2D eigenvalue weighted by Gasteiger charge is -2.28. The number of epoxide rings is 1. The SMILES string of the molecule is COc1ccc(C[C@H](NC(=O)[C@H](C)NC(=O)CN2CCOCC2)C(=O)NC(C[C@H]2C[C@@H]3C[C@@H]3C2)C(=O)C2(C)CO2)cc1. The van der Waals surface area contributed by atoms with Crippen LogP contribution in [0.3, 0.4) is 0 Å². The summed E-state index contributed by atoms with van der Waals surface area (Å²) < 4.78 is 16.0. The second kappa shape index (κ2) is 13.1. The Hall–Kier alpha value is -3.02. The molecule has 2 heterocycles. The Morgan fingerprint density at radius 1 is 0.976 bits per heavy atom. The molecule has 4 fully saturated rings. The summed E-state index contributed by atoms with van der Waals surface area (Å²) in [6.07, 6.45) is 4.25. The van der Waals surface area contributed by atoms with Crippen LogP contribution in [-0.4, -0.2) is 98.7 Å². The van der Waals surface area contributed by atoms with Crippen molar-refractivity contribution in [1.29, 1.82) is 0 Å². The minimum atomic E-state index is -0.954. The number of ketones is 1.